The van der Waals surface area contributed by atoms with Crippen LogP contribution in [0, 0.1) is 11.3 Å². The molecule has 2 aromatic heterocycles. The molecule has 0 aliphatic heterocycles. The molecule has 1 N–H and O–H groups in total. The number of oxazole rings is 1. The van der Waals surface area contributed by atoms with Crippen molar-refractivity contribution in [2.75, 3.05) is 0 Å². The molecule has 0 saturated heterocycles. The Balaban J connectivity index is 2.08. The van der Waals surface area contributed by atoms with Gasteiger partial charge in [-0.2, -0.15) is 5.26 Å². The number of sulfonamides is 1. The molecule has 0 aliphatic carbocycles. The first-order chi connectivity index (χ1) is 9.55. The largest absolute Gasteiger partial charge is 0.444 e. The van der Waals surface area contributed by atoms with Gasteiger partial charge in [-0.25, -0.2) is 23.1 Å². The number of hydrogen-bond acceptors (Lipinski definition) is 6. The Hall–Kier alpha value is -2.24. The lowest BCUT2D eigenvalue weighted by atomic mass is 10.4. The molecule has 0 aromatic carbocycles. The Kier molecular flexibility index (Phi) is 4.12. The molecule has 0 radical (unpaired) electrons. The van der Waals surface area contributed by atoms with Crippen molar-refractivity contribution in [3.8, 4) is 6.07 Å². The Bertz CT molecular complexity index is 729. The summed E-state index contributed by atoms with van der Waals surface area (Å²) in [6, 6.07) is 4.48. The molecule has 0 saturated carbocycles. The summed E-state index contributed by atoms with van der Waals surface area (Å²) >= 11 is 0. The zero-order valence-corrected chi connectivity index (χ0v) is 11.5. The van der Waals surface area contributed by atoms with Crippen molar-refractivity contribution in [2.24, 2.45) is 0 Å². The van der Waals surface area contributed by atoms with Crippen LogP contribution in [-0.4, -0.2) is 18.4 Å². The van der Waals surface area contributed by atoms with Gasteiger partial charge in [0.05, 0.1) is 12.7 Å². The summed E-state index contributed by atoms with van der Waals surface area (Å²) in [6.45, 7) is 1.87. The minimum absolute atomic E-state index is 0.0150. The molecule has 2 rings (SSSR count). The van der Waals surface area contributed by atoms with Crippen LogP contribution in [0.3, 0.4) is 0 Å². The zero-order chi connectivity index (χ0) is 14.6. The van der Waals surface area contributed by atoms with Crippen LogP contribution in [0.5, 0.6) is 0 Å². The van der Waals surface area contributed by atoms with Crippen LogP contribution in [-0.2, 0) is 23.0 Å². The lowest BCUT2D eigenvalue weighted by Crippen LogP contribution is -2.23. The van der Waals surface area contributed by atoms with Crippen LogP contribution >= 0.6 is 0 Å². The molecule has 20 heavy (non-hydrogen) atoms. The molecule has 104 valence electrons. The number of hydrogen-bond donors (Lipinski definition) is 1. The van der Waals surface area contributed by atoms with E-state index in [1.165, 1.54) is 12.1 Å². The van der Waals surface area contributed by atoms with E-state index in [2.05, 4.69) is 14.7 Å². The van der Waals surface area contributed by atoms with Crippen molar-refractivity contribution in [3.63, 3.8) is 0 Å². The maximum Gasteiger partial charge on any atom is 0.242 e. The van der Waals surface area contributed by atoms with E-state index in [1.807, 2.05) is 13.0 Å². The fraction of sp³-hybridized carbons (Fsp3) is 0.250. The Morgan fingerprint density at radius 1 is 1.35 bits per heavy atom. The van der Waals surface area contributed by atoms with E-state index in [0.29, 0.717) is 18.1 Å². The fourth-order valence-corrected chi connectivity index (χ4v) is 2.36. The average molecular weight is 292 g/mol. The summed E-state index contributed by atoms with van der Waals surface area (Å²) in [5.41, 5.74) is 0.157. The lowest BCUT2D eigenvalue weighted by Gasteiger charge is -2.04. The molecule has 0 bridgehead atoms. The predicted molar refractivity (Wildman–Crippen MR) is 68.9 cm³/mol. The summed E-state index contributed by atoms with van der Waals surface area (Å²) in [4.78, 5) is 7.66. The predicted octanol–water partition coefficient (Wildman–Crippen LogP) is 0.982. The van der Waals surface area contributed by atoms with Gasteiger partial charge in [-0.1, -0.05) is 6.92 Å². The summed E-state index contributed by atoms with van der Waals surface area (Å²) in [7, 11) is -3.70. The van der Waals surface area contributed by atoms with Gasteiger partial charge in [-0.3, -0.25) is 0 Å². The molecule has 0 spiro atoms. The summed E-state index contributed by atoms with van der Waals surface area (Å²) in [5, 5.41) is 8.61. The summed E-state index contributed by atoms with van der Waals surface area (Å²) in [5.74, 6) is 0.992. The Labute approximate surface area is 116 Å². The normalized spacial score (nSPS) is 11.2. The maximum absolute atomic E-state index is 12.0. The second kappa shape index (κ2) is 5.81. The van der Waals surface area contributed by atoms with E-state index >= 15 is 0 Å². The second-order valence-electron chi connectivity index (χ2n) is 3.89. The first-order valence-electron chi connectivity index (χ1n) is 5.84. The molecule has 0 amide bonds. The Morgan fingerprint density at radius 2 is 2.15 bits per heavy atom. The smallest absolute Gasteiger partial charge is 0.242 e. The van der Waals surface area contributed by atoms with E-state index in [1.54, 1.807) is 6.20 Å². The fourth-order valence-electron chi connectivity index (χ4n) is 1.44. The van der Waals surface area contributed by atoms with Crippen LogP contribution < -0.4 is 4.72 Å². The van der Waals surface area contributed by atoms with Gasteiger partial charge >= 0.3 is 0 Å². The third-order valence-electron chi connectivity index (χ3n) is 2.52. The van der Waals surface area contributed by atoms with Crippen molar-refractivity contribution in [3.05, 3.63) is 41.9 Å². The molecule has 0 aliphatic rings. The molecular weight excluding hydrogens is 280 g/mol. The molecule has 7 nitrogen and oxygen atoms in total. The zero-order valence-electron chi connectivity index (χ0n) is 10.7. The van der Waals surface area contributed by atoms with Crippen molar-refractivity contribution in [1.82, 2.24) is 14.7 Å². The van der Waals surface area contributed by atoms with E-state index in [-0.39, 0.29) is 17.1 Å². The molecule has 0 fully saturated rings. The SMILES string of the molecule is CCc1cnc(CNS(=O)(=O)c2ccc(C#N)nc2)o1. The van der Waals surface area contributed by atoms with Gasteiger partial charge in [0.1, 0.15) is 22.4 Å². The summed E-state index contributed by atoms with van der Waals surface area (Å²) in [6.07, 6.45) is 3.39. The molecule has 2 aromatic rings. The van der Waals surface area contributed by atoms with Crippen LogP contribution in [0.25, 0.3) is 0 Å². The van der Waals surface area contributed by atoms with Gasteiger partial charge in [0.15, 0.2) is 0 Å². The molecule has 2 heterocycles. The van der Waals surface area contributed by atoms with Crippen molar-refractivity contribution >= 4 is 10.0 Å². The maximum atomic E-state index is 12.0. The quantitative estimate of drug-likeness (QED) is 0.879. The summed E-state index contributed by atoms with van der Waals surface area (Å²) < 4.78 is 31.6. The minimum atomic E-state index is -3.70. The number of nitrogens with one attached hydrogen (secondary N) is 1. The second-order valence-corrected chi connectivity index (χ2v) is 5.66. The van der Waals surface area contributed by atoms with Crippen molar-refractivity contribution in [2.45, 2.75) is 24.8 Å². The number of nitrogens with zero attached hydrogens (tertiary/aromatic N) is 3. The van der Waals surface area contributed by atoms with Crippen molar-refractivity contribution in [1.29, 1.82) is 5.26 Å². The van der Waals surface area contributed by atoms with Crippen LogP contribution in [0.2, 0.25) is 0 Å². The van der Waals surface area contributed by atoms with Gasteiger partial charge in [0.2, 0.25) is 15.9 Å². The van der Waals surface area contributed by atoms with E-state index in [4.69, 9.17) is 9.68 Å². The first kappa shape index (κ1) is 14.2. The number of pyridine rings is 1. The van der Waals surface area contributed by atoms with Crippen LogP contribution in [0.4, 0.5) is 0 Å². The monoisotopic (exact) mass is 292 g/mol. The van der Waals surface area contributed by atoms with E-state index < -0.39 is 10.0 Å². The first-order valence-corrected chi connectivity index (χ1v) is 7.33. The standard InChI is InChI=1S/C12H12N4O3S/c1-2-10-6-15-12(19-10)8-16-20(17,18)11-4-3-9(5-13)14-7-11/h3-4,6-7,16H,2,8H2,1H3. The number of nitriles is 1. The molecule has 0 atom stereocenters. The topological polar surface area (TPSA) is 109 Å². The van der Waals surface area contributed by atoms with Crippen molar-refractivity contribution < 1.29 is 12.8 Å². The Morgan fingerprint density at radius 3 is 2.70 bits per heavy atom. The minimum Gasteiger partial charge on any atom is -0.444 e. The number of aromatic nitrogens is 2. The van der Waals surface area contributed by atoms with Gasteiger partial charge in [-0.05, 0) is 12.1 Å². The third-order valence-corrected chi connectivity index (χ3v) is 3.91. The highest BCUT2D eigenvalue weighted by Crippen LogP contribution is 2.09. The molecular formula is C12H12N4O3S. The lowest BCUT2D eigenvalue weighted by molar-refractivity contribution is 0.452. The van der Waals surface area contributed by atoms with Gasteiger partial charge < -0.3 is 4.42 Å². The highest BCUT2D eigenvalue weighted by atomic mass is 32.2. The third kappa shape index (κ3) is 3.20. The molecule has 0 unspecified atom stereocenters. The van der Waals surface area contributed by atoms with E-state index in [0.717, 1.165) is 6.20 Å². The van der Waals surface area contributed by atoms with Gasteiger partial charge in [-0.15, -0.1) is 0 Å². The number of aryl methyl sites for hydroxylation is 1. The van der Waals surface area contributed by atoms with Gasteiger partial charge in [0.25, 0.3) is 0 Å². The van der Waals surface area contributed by atoms with E-state index in [9.17, 15) is 8.42 Å². The van der Waals surface area contributed by atoms with Gasteiger partial charge in [0, 0.05) is 12.6 Å². The molecule has 8 heteroatoms. The van der Waals surface area contributed by atoms with Crippen LogP contribution in [0.1, 0.15) is 24.3 Å². The highest BCUT2D eigenvalue weighted by Gasteiger charge is 2.15. The highest BCUT2D eigenvalue weighted by molar-refractivity contribution is 7.89. The van der Waals surface area contributed by atoms with Crippen LogP contribution in [0.15, 0.2) is 33.8 Å². The number of rotatable bonds is 5. The average Bonchev–Trinajstić information content (AvgIpc) is 2.93.